The Morgan fingerprint density at radius 2 is 1.80 bits per heavy atom. The van der Waals surface area contributed by atoms with Crippen molar-refractivity contribution in [2.24, 2.45) is 5.92 Å². The third-order valence-corrected chi connectivity index (χ3v) is 5.00. The molecule has 0 bridgehead atoms. The van der Waals surface area contributed by atoms with Crippen molar-refractivity contribution < 1.29 is 9.90 Å². The Morgan fingerprint density at radius 1 is 1.15 bits per heavy atom. The zero-order chi connectivity index (χ0) is 14.1. The van der Waals surface area contributed by atoms with E-state index in [1.54, 1.807) is 0 Å². The Morgan fingerprint density at radius 3 is 2.45 bits per heavy atom. The summed E-state index contributed by atoms with van der Waals surface area (Å²) in [4.78, 5) is 12.2. The van der Waals surface area contributed by atoms with Gasteiger partial charge in [-0.2, -0.15) is 0 Å². The molecule has 2 atom stereocenters. The molecule has 2 fully saturated rings. The normalized spacial score (nSPS) is 32.7. The molecular weight excluding hydrogens is 318 g/mol. The second-order valence-corrected chi connectivity index (χ2v) is 6.93. The summed E-state index contributed by atoms with van der Waals surface area (Å²) in [5, 5.41) is 12.6. The minimum atomic E-state index is -0.167. The van der Waals surface area contributed by atoms with Gasteiger partial charge in [-0.3, -0.25) is 4.79 Å². The van der Waals surface area contributed by atoms with Crippen molar-refractivity contribution in [1.82, 2.24) is 5.32 Å². The van der Waals surface area contributed by atoms with E-state index < -0.39 is 0 Å². The van der Waals surface area contributed by atoms with Crippen LogP contribution >= 0.6 is 15.9 Å². The van der Waals surface area contributed by atoms with E-state index in [0.717, 1.165) is 36.6 Å². The molecule has 3 nitrogen and oxygen atoms in total. The van der Waals surface area contributed by atoms with E-state index in [4.69, 9.17) is 0 Å². The summed E-state index contributed by atoms with van der Waals surface area (Å²) in [5.41, 5.74) is 1.26. The molecule has 2 aliphatic rings. The van der Waals surface area contributed by atoms with Gasteiger partial charge in [-0.15, -0.1) is 0 Å². The largest absolute Gasteiger partial charge is 0.393 e. The number of halogens is 1. The van der Waals surface area contributed by atoms with Crippen LogP contribution in [0.25, 0.3) is 0 Å². The van der Waals surface area contributed by atoms with E-state index in [9.17, 15) is 9.90 Å². The van der Waals surface area contributed by atoms with Crippen LogP contribution < -0.4 is 5.32 Å². The lowest BCUT2D eigenvalue weighted by Crippen LogP contribution is -2.39. The summed E-state index contributed by atoms with van der Waals surface area (Å²) in [5.74, 6) is 0.722. The maximum absolute atomic E-state index is 12.2. The smallest absolute Gasteiger partial charge is 0.223 e. The number of hydrogen-bond donors (Lipinski definition) is 2. The van der Waals surface area contributed by atoms with Gasteiger partial charge in [0.25, 0.3) is 0 Å². The van der Waals surface area contributed by atoms with Crippen molar-refractivity contribution in [2.75, 3.05) is 0 Å². The van der Waals surface area contributed by atoms with Crippen molar-refractivity contribution in [1.29, 1.82) is 0 Å². The van der Waals surface area contributed by atoms with Gasteiger partial charge in [0.2, 0.25) is 5.91 Å². The minimum Gasteiger partial charge on any atom is -0.393 e. The van der Waals surface area contributed by atoms with Crippen LogP contribution in [0.15, 0.2) is 28.7 Å². The number of aliphatic hydroxyl groups excluding tert-OH is 1. The first-order valence-electron chi connectivity index (χ1n) is 7.37. The molecule has 3 rings (SSSR count). The van der Waals surface area contributed by atoms with Gasteiger partial charge in [0.15, 0.2) is 0 Å². The molecule has 4 heteroatoms. The quantitative estimate of drug-likeness (QED) is 0.890. The molecule has 2 N–H and O–H groups in total. The first-order chi connectivity index (χ1) is 9.63. The second kappa shape index (κ2) is 5.86. The Hall–Kier alpha value is -0.870. The second-order valence-electron chi connectivity index (χ2n) is 6.01. The fourth-order valence-electron chi connectivity index (χ4n) is 3.09. The highest BCUT2D eigenvalue weighted by atomic mass is 79.9. The zero-order valence-corrected chi connectivity index (χ0v) is 13.0. The number of carbonyl (C=O) groups is 1. The highest BCUT2D eigenvalue weighted by molar-refractivity contribution is 9.10. The lowest BCUT2D eigenvalue weighted by molar-refractivity contribution is -0.123. The minimum absolute atomic E-state index is 0.142. The molecule has 2 aliphatic carbocycles. The van der Waals surface area contributed by atoms with E-state index in [2.05, 4.69) is 33.4 Å². The fourth-order valence-corrected chi connectivity index (χ4v) is 3.36. The molecule has 108 valence electrons. The number of benzene rings is 1. The zero-order valence-electron chi connectivity index (χ0n) is 11.4. The molecule has 1 aromatic carbocycles. The van der Waals surface area contributed by atoms with Gasteiger partial charge in [-0.05, 0) is 55.7 Å². The Kier molecular flexibility index (Phi) is 4.13. The van der Waals surface area contributed by atoms with Gasteiger partial charge >= 0.3 is 0 Å². The van der Waals surface area contributed by atoms with Crippen molar-refractivity contribution >= 4 is 21.8 Å². The van der Waals surface area contributed by atoms with Crippen LogP contribution in [-0.2, 0) is 4.79 Å². The van der Waals surface area contributed by atoms with Gasteiger partial charge in [-0.1, -0.05) is 28.1 Å². The first-order valence-corrected chi connectivity index (χ1v) is 8.16. The predicted octanol–water partition coefficient (Wildman–Crippen LogP) is 2.97. The van der Waals surface area contributed by atoms with Crippen LogP contribution in [0.4, 0.5) is 0 Å². The van der Waals surface area contributed by atoms with E-state index in [0.29, 0.717) is 5.92 Å². The predicted molar refractivity (Wildman–Crippen MR) is 81.4 cm³/mol. The molecule has 0 radical (unpaired) electrons. The van der Waals surface area contributed by atoms with Crippen LogP contribution in [0.2, 0.25) is 0 Å². The number of hydrogen-bond acceptors (Lipinski definition) is 2. The third-order valence-electron chi connectivity index (χ3n) is 4.47. The third kappa shape index (κ3) is 3.23. The van der Waals surface area contributed by atoms with E-state index >= 15 is 0 Å². The standard InChI is InChI=1S/C16H20BrNO2/c17-11-3-1-10(2-4-11)14-9-15(14)16(20)18-12-5-7-13(19)8-6-12/h1-4,12-15,19H,5-9H2,(H,18,20). The van der Waals surface area contributed by atoms with Crippen molar-refractivity contribution in [3.63, 3.8) is 0 Å². The number of amides is 1. The van der Waals surface area contributed by atoms with Crippen LogP contribution in [0.5, 0.6) is 0 Å². The molecule has 0 aromatic heterocycles. The molecule has 1 aromatic rings. The molecule has 2 unspecified atom stereocenters. The van der Waals surface area contributed by atoms with E-state index in [-0.39, 0.29) is 24.0 Å². The number of nitrogens with one attached hydrogen (secondary N) is 1. The molecule has 1 amide bonds. The van der Waals surface area contributed by atoms with Crippen LogP contribution in [0, 0.1) is 5.92 Å². The van der Waals surface area contributed by atoms with Crippen molar-refractivity contribution in [3.05, 3.63) is 34.3 Å². The fraction of sp³-hybridized carbons (Fsp3) is 0.562. The topological polar surface area (TPSA) is 49.3 Å². The maximum Gasteiger partial charge on any atom is 0.223 e. The van der Waals surface area contributed by atoms with Crippen LogP contribution in [0.3, 0.4) is 0 Å². The van der Waals surface area contributed by atoms with Gasteiger partial charge in [0.05, 0.1) is 6.10 Å². The van der Waals surface area contributed by atoms with E-state index in [1.165, 1.54) is 5.56 Å². The number of rotatable bonds is 3. The molecule has 0 heterocycles. The lowest BCUT2D eigenvalue weighted by Gasteiger charge is -2.26. The molecule has 2 saturated carbocycles. The molecule has 0 spiro atoms. The molecule has 20 heavy (non-hydrogen) atoms. The number of aliphatic hydroxyl groups is 1. The summed E-state index contributed by atoms with van der Waals surface area (Å²) < 4.78 is 1.07. The van der Waals surface area contributed by atoms with Crippen LogP contribution in [-0.4, -0.2) is 23.2 Å². The van der Waals surface area contributed by atoms with Gasteiger partial charge < -0.3 is 10.4 Å². The van der Waals surface area contributed by atoms with Gasteiger partial charge in [0.1, 0.15) is 0 Å². The average molecular weight is 338 g/mol. The van der Waals surface area contributed by atoms with Crippen molar-refractivity contribution in [2.45, 2.75) is 50.2 Å². The summed E-state index contributed by atoms with van der Waals surface area (Å²) in [6.07, 6.45) is 4.23. The first kappa shape index (κ1) is 14.1. The molecular formula is C16H20BrNO2. The lowest BCUT2D eigenvalue weighted by atomic mass is 9.93. The number of carbonyl (C=O) groups excluding carboxylic acids is 1. The summed E-state index contributed by atoms with van der Waals surface area (Å²) in [6.45, 7) is 0. The Bertz CT molecular complexity index is 480. The molecule has 0 aliphatic heterocycles. The Balaban J connectivity index is 1.51. The van der Waals surface area contributed by atoms with E-state index in [1.807, 2.05) is 12.1 Å². The van der Waals surface area contributed by atoms with Crippen molar-refractivity contribution in [3.8, 4) is 0 Å². The monoisotopic (exact) mass is 337 g/mol. The molecule has 0 saturated heterocycles. The van der Waals surface area contributed by atoms with Gasteiger partial charge in [-0.25, -0.2) is 0 Å². The summed E-state index contributed by atoms with van der Waals surface area (Å²) in [6, 6.07) is 8.52. The van der Waals surface area contributed by atoms with Crippen LogP contribution in [0.1, 0.15) is 43.6 Å². The van der Waals surface area contributed by atoms with Gasteiger partial charge in [0, 0.05) is 16.4 Å². The summed E-state index contributed by atoms with van der Waals surface area (Å²) in [7, 11) is 0. The highest BCUT2D eigenvalue weighted by Gasteiger charge is 2.44. The maximum atomic E-state index is 12.2. The summed E-state index contributed by atoms with van der Waals surface area (Å²) >= 11 is 3.43. The SMILES string of the molecule is O=C(NC1CCC(O)CC1)C1CC1c1ccc(Br)cc1. The Labute approximate surface area is 127 Å². The highest BCUT2D eigenvalue weighted by Crippen LogP contribution is 2.47. The average Bonchev–Trinajstić information content (AvgIpc) is 3.23.